The Morgan fingerprint density at radius 1 is 0.944 bits per heavy atom. The smallest absolute Gasteiger partial charge is 0.270 e. The fourth-order valence-electron chi connectivity index (χ4n) is 3.94. The van der Waals surface area contributed by atoms with E-state index in [9.17, 15) is 4.39 Å². The number of benzene rings is 1. The van der Waals surface area contributed by atoms with Gasteiger partial charge in [-0.05, 0) is 30.3 Å². The number of halogens is 2. The first kappa shape index (κ1) is 24.3. The van der Waals surface area contributed by atoms with Crippen LogP contribution in [-0.4, -0.2) is 67.6 Å². The van der Waals surface area contributed by atoms with E-state index in [4.69, 9.17) is 21.1 Å². The van der Waals surface area contributed by atoms with E-state index in [1.54, 1.807) is 6.20 Å². The van der Waals surface area contributed by atoms with Gasteiger partial charge in [0.15, 0.2) is 11.6 Å². The number of nitrogens with one attached hydrogen (secondary N) is 1. The molecule has 0 saturated carbocycles. The van der Waals surface area contributed by atoms with Crippen molar-refractivity contribution in [2.75, 3.05) is 67.7 Å². The van der Waals surface area contributed by atoms with E-state index in [0.717, 1.165) is 49.6 Å². The number of anilines is 4. The minimum absolute atomic E-state index is 0.103. The lowest BCUT2D eigenvalue weighted by molar-refractivity contribution is 0.122. The highest BCUT2D eigenvalue weighted by atomic mass is 35.5. The number of morpholine rings is 2. The molecule has 4 heterocycles. The van der Waals surface area contributed by atoms with E-state index < -0.39 is 5.82 Å². The molecular formula is C24H26ClFN8O2. The highest BCUT2D eigenvalue weighted by Crippen LogP contribution is 2.30. The highest BCUT2D eigenvalue weighted by Gasteiger charge is 2.18. The summed E-state index contributed by atoms with van der Waals surface area (Å²) in [5.41, 5.74) is 3.39. The van der Waals surface area contributed by atoms with Crippen molar-refractivity contribution in [1.82, 2.24) is 15.0 Å². The molecular weight excluding hydrogens is 487 g/mol. The van der Waals surface area contributed by atoms with E-state index in [1.165, 1.54) is 0 Å². The molecule has 2 aromatic heterocycles. The van der Waals surface area contributed by atoms with Crippen LogP contribution in [0.1, 0.15) is 5.69 Å². The molecule has 0 radical (unpaired) electrons. The standard InChI is InChI=1S/C24H26ClFN8O2/c25-20-13-19(33-5-9-35-10-6-33)3-4-22(20)30-18-2-1-17(27-14-18)15-29-32-24-28-16-21(26)23(31-24)34-7-11-36-12-8-34/h1-4,13-14,16,30H,5-12,15H2. The van der Waals surface area contributed by atoms with Crippen LogP contribution in [0.5, 0.6) is 0 Å². The van der Waals surface area contributed by atoms with E-state index >= 15 is 0 Å². The van der Waals surface area contributed by atoms with E-state index in [-0.39, 0.29) is 18.3 Å². The highest BCUT2D eigenvalue weighted by molar-refractivity contribution is 6.33. The molecule has 10 nitrogen and oxygen atoms in total. The summed E-state index contributed by atoms with van der Waals surface area (Å²) in [6, 6.07) is 9.71. The van der Waals surface area contributed by atoms with Crippen LogP contribution in [-0.2, 0) is 16.0 Å². The Balaban J connectivity index is 1.18. The molecule has 2 fully saturated rings. The van der Waals surface area contributed by atoms with Crippen LogP contribution in [0.4, 0.5) is 33.2 Å². The van der Waals surface area contributed by atoms with E-state index in [1.807, 2.05) is 35.2 Å². The van der Waals surface area contributed by atoms with Crippen LogP contribution >= 0.6 is 11.6 Å². The maximum absolute atomic E-state index is 14.2. The topological polar surface area (TPSA) is 100 Å². The summed E-state index contributed by atoms with van der Waals surface area (Å²) in [6.07, 6.45) is 2.82. The fraction of sp³-hybridized carbons (Fsp3) is 0.375. The minimum Gasteiger partial charge on any atom is -0.378 e. The Morgan fingerprint density at radius 2 is 1.69 bits per heavy atom. The molecule has 188 valence electrons. The molecule has 5 rings (SSSR count). The van der Waals surface area contributed by atoms with Gasteiger partial charge in [-0.25, -0.2) is 9.37 Å². The predicted octanol–water partition coefficient (Wildman–Crippen LogP) is 4.36. The largest absolute Gasteiger partial charge is 0.378 e. The summed E-state index contributed by atoms with van der Waals surface area (Å²) in [5.74, 6) is -0.171. The quantitative estimate of drug-likeness (QED) is 0.466. The van der Waals surface area contributed by atoms with Crippen molar-refractivity contribution in [3.8, 4) is 0 Å². The second kappa shape index (κ2) is 11.5. The number of pyridine rings is 1. The first-order chi connectivity index (χ1) is 17.7. The molecule has 1 aromatic carbocycles. The summed E-state index contributed by atoms with van der Waals surface area (Å²) in [6.45, 7) is 5.59. The van der Waals surface area contributed by atoms with Gasteiger partial charge in [-0.2, -0.15) is 10.1 Å². The molecule has 2 aliphatic heterocycles. The van der Waals surface area contributed by atoms with Crippen LogP contribution < -0.4 is 15.1 Å². The zero-order valence-electron chi connectivity index (χ0n) is 19.6. The van der Waals surface area contributed by atoms with Crippen molar-refractivity contribution in [3.63, 3.8) is 0 Å². The van der Waals surface area contributed by atoms with Gasteiger partial charge in [0.25, 0.3) is 5.95 Å². The van der Waals surface area contributed by atoms with Crippen molar-refractivity contribution in [1.29, 1.82) is 0 Å². The number of hydrogen-bond acceptors (Lipinski definition) is 10. The Labute approximate surface area is 213 Å². The van der Waals surface area contributed by atoms with Gasteiger partial charge in [0.2, 0.25) is 0 Å². The Morgan fingerprint density at radius 3 is 2.39 bits per heavy atom. The van der Waals surface area contributed by atoms with Crippen molar-refractivity contribution in [3.05, 3.63) is 59.3 Å². The van der Waals surface area contributed by atoms with Gasteiger partial charge in [-0.15, -0.1) is 5.11 Å². The number of hydrogen-bond donors (Lipinski definition) is 1. The monoisotopic (exact) mass is 512 g/mol. The third kappa shape index (κ3) is 6.04. The summed E-state index contributed by atoms with van der Waals surface area (Å²) < 4.78 is 24.9. The Hall–Kier alpha value is -3.41. The van der Waals surface area contributed by atoms with E-state index in [0.29, 0.717) is 37.0 Å². The third-order valence-corrected chi connectivity index (χ3v) is 6.16. The van der Waals surface area contributed by atoms with Crippen LogP contribution in [0.25, 0.3) is 0 Å². The molecule has 0 atom stereocenters. The lowest BCUT2D eigenvalue weighted by Gasteiger charge is -2.29. The number of azo groups is 1. The summed E-state index contributed by atoms with van der Waals surface area (Å²) >= 11 is 6.51. The lowest BCUT2D eigenvalue weighted by Crippen LogP contribution is -2.37. The molecule has 1 N–H and O–H groups in total. The molecule has 0 spiro atoms. The van der Waals surface area contributed by atoms with E-state index in [2.05, 4.69) is 35.4 Å². The fourth-order valence-corrected chi connectivity index (χ4v) is 4.16. The van der Waals surface area contributed by atoms with Gasteiger partial charge in [0.1, 0.15) is 6.54 Å². The molecule has 3 aromatic rings. The lowest BCUT2D eigenvalue weighted by atomic mass is 10.2. The van der Waals surface area contributed by atoms with Gasteiger partial charge in [-0.1, -0.05) is 11.6 Å². The first-order valence-corrected chi connectivity index (χ1v) is 12.1. The van der Waals surface area contributed by atoms with Gasteiger partial charge < -0.3 is 24.6 Å². The Bertz CT molecular complexity index is 1200. The average Bonchev–Trinajstić information content (AvgIpc) is 2.93. The van der Waals surface area contributed by atoms with Gasteiger partial charge in [-0.3, -0.25) is 4.98 Å². The van der Waals surface area contributed by atoms with Gasteiger partial charge in [0, 0.05) is 31.9 Å². The summed E-state index contributed by atoms with van der Waals surface area (Å²) in [5, 5.41) is 12.1. The van der Waals surface area contributed by atoms with Crippen molar-refractivity contribution in [2.45, 2.75) is 6.54 Å². The van der Waals surface area contributed by atoms with Crippen molar-refractivity contribution < 1.29 is 13.9 Å². The average molecular weight is 513 g/mol. The van der Waals surface area contributed by atoms with Crippen LogP contribution in [0.15, 0.2) is 53.0 Å². The molecule has 0 amide bonds. The van der Waals surface area contributed by atoms with Crippen LogP contribution in [0, 0.1) is 5.82 Å². The maximum atomic E-state index is 14.2. The van der Waals surface area contributed by atoms with Crippen LogP contribution in [0.3, 0.4) is 0 Å². The van der Waals surface area contributed by atoms with Gasteiger partial charge in [0.05, 0.1) is 60.9 Å². The second-order valence-corrected chi connectivity index (χ2v) is 8.67. The number of ether oxygens (including phenoxy) is 2. The molecule has 0 unspecified atom stereocenters. The zero-order chi connectivity index (χ0) is 24.7. The molecule has 0 bridgehead atoms. The third-order valence-electron chi connectivity index (χ3n) is 5.85. The van der Waals surface area contributed by atoms with Crippen LogP contribution in [0.2, 0.25) is 5.02 Å². The first-order valence-electron chi connectivity index (χ1n) is 11.7. The SMILES string of the molecule is Fc1cnc(N=NCc2ccc(Nc3ccc(N4CCOCC4)cc3Cl)cn2)nc1N1CCOCC1. The molecule has 0 aliphatic carbocycles. The second-order valence-electron chi connectivity index (χ2n) is 8.27. The Kier molecular flexibility index (Phi) is 7.79. The molecule has 36 heavy (non-hydrogen) atoms. The number of rotatable bonds is 7. The van der Waals surface area contributed by atoms with Gasteiger partial charge >= 0.3 is 0 Å². The number of nitrogens with zero attached hydrogens (tertiary/aromatic N) is 7. The predicted molar refractivity (Wildman–Crippen MR) is 135 cm³/mol. The normalized spacial score (nSPS) is 16.5. The number of aromatic nitrogens is 3. The summed E-state index contributed by atoms with van der Waals surface area (Å²) in [4.78, 5) is 16.6. The minimum atomic E-state index is -0.489. The maximum Gasteiger partial charge on any atom is 0.270 e. The molecule has 2 saturated heterocycles. The molecule has 2 aliphatic rings. The van der Waals surface area contributed by atoms with Crippen molar-refractivity contribution in [2.24, 2.45) is 10.2 Å². The summed E-state index contributed by atoms with van der Waals surface area (Å²) in [7, 11) is 0. The zero-order valence-corrected chi connectivity index (χ0v) is 20.4. The van der Waals surface area contributed by atoms with Crippen molar-refractivity contribution >= 4 is 40.4 Å². The molecule has 12 heteroatoms.